The van der Waals surface area contributed by atoms with Crippen LogP contribution >= 0.6 is 23.2 Å². The monoisotopic (exact) mass is 375 g/mol. The van der Waals surface area contributed by atoms with E-state index in [2.05, 4.69) is 15.6 Å². The van der Waals surface area contributed by atoms with Gasteiger partial charge >= 0.3 is 0 Å². The maximum atomic E-state index is 13.2. The van der Waals surface area contributed by atoms with Crippen LogP contribution in [0.4, 0.5) is 21.5 Å². The fourth-order valence-corrected chi connectivity index (χ4v) is 2.72. The van der Waals surface area contributed by atoms with Gasteiger partial charge in [0.1, 0.15) is 5.82 Å². The lowest BCUT2D eigenvalue weighted by atomic mass is 10.2. The lowest BCUT2D eigenvalue weighted by Gasteiger charge is -2.09. The maximum absolute atomic E-state index is 13.2. The Morgan fingerprint density at radius 3 is 2.40 bits per heavy atom. The molecule has 0 aliphatic carbocycles. The zero-order valence-electron chi connectivity index (χ0n) is 12.8. The topological polar surface area (TPSA) is 54.0 Å². The molecule has 4 nitrogen and oxygen atoms in total. The number of rotatable bonds is 4. The van der Waals surface area contributed by atoms with Crippen LogP contribution in [0.15, 0.2) is 60.9 Å². The number of carbonyl (C=O) groups is 1. The van der Waals surface area contributed by atoms with Crippen molar-refractivity contribution >= 4 is 46.2 Å². The maximum Gasteiger partial charge on any atom is 0.257 e. The number of anilines is 3. The Morgan fingerprint density at radius 2 is 1.68 bits per heavy atom. The smallest absolute Gasteiger partial charge is 0.257 e. The molecular formula is C18H12Cl2FN3O. The molecule has 0 unspecified atom stereocenters. The van der Waals surface area contributed by atoms with Crippen molar-refractivity contribution in [1.29, 1.82) is 0 Å². The lowest BCUT2D eigenvalue weighted by molar-refractivity contribution is 0.102. The van der Waals surface area contributed by atoms with Crippen molar-refractivity contribution in [1.82, 2.24) is 4.98 Å². The molecule has 3 aromatic rings. The highest BCUT2D eigenvalue weighted by atomic mass is 35.5. The molecule has 0 saturated carbocycles. The highest BCUT2D eigenvalue weighted by Crippen LogP contribution is 2.23. The summed E-state index contributed by atoms with van der Waals surface area (Å²) in [7, 11) is 0. The largest absolute Gasteiger partial charge is 0.354 e. The predicted octanol–water partition coefficient (Wildman–Crippen LogP) is 5.52. The third-order valence-electron chi connectivity index (χ3n) is 3.23. The second-order valence-corrected chi connectivity index (χ2v) is 6.08. The van der Waals surface area contributed by atoms with Crippen LogP contribution in [-0.4, -0.2) is 10.9 Å². The molecule has 1 amide bonds. The highest BCUT2D eigenvalue weighted by Gasteiger charge is 2.09. The summed E-state index contributed by atoms with van der Waals surface area (Å²) in [6.45, 7) is 0. The van der Waals surface area contributed by atoms with E-state index in [9.17, 15) is 9.18 Å². The Bertz CT molecular complexity index is 913. The van der Waals surface area contributed by atoms with Gasteiger partial charge in [0, 0.05) is 27.6 Å². The summed E-state index contributed by atoms with van der Waals surface area (Å²) in [5.74, 6) is -0.724. The number of aromatic nitrogens is 1. The normalized spacial score (nSPS) is 10.4. The number of amides is 1. The van der Waals surface area contributed by atoms with Gasteiger partial charge in [0.25, 0.3) is 5.91 Å². The Labute approximate surface area is 153 Å². The van der Waals surface area contributed by atoms with Crippen molar-refractivity contribution in [3.05, 3.63) is 82.4 Å². The summed E-state index contributed by atoms with van der Waals surface area (Å²) in [5.41, 5.74) is 1.92. The molecular weight excluding hydrogens is 364 g/mol. The first-order chi connectivity index (χ1) is 12.0. The molecule has 0 bridgehead atoms. The molecule has 1 heterocycles. The molecule has 0 aliphatic heterocycles. The second-order valence-electron chi connectivity index (χ2n) is 5.21. The third-order valence-corrected chi connectivity index (χ3v) is 3.67. The Balaban J connectivity index is 1.77. The highest BCUT2D eigenvalue weighted by molar-refractivity contribution is 6.35. The summed E-state index contributed by atoms with van der Waals surface area (Å²) < 4.78 is 13.2. The molecule has 25 heavy (non-hydrogen) atoms. The van der Waals surface area contributed by atoms with E-state index in [0.717, 1.165) is 0 Å². The Kier molecular flexibility index (Phi) is 5.16. The van der Waals surface area contributed by atoms with Gasteiger partial charge in [-0.1, -0.05) is 29.3 Å². The average molecular weight is 376 g/mol. The molecule has 7 heteroatoms. The summed E-state index contributed by atoms with van der Waals surface area (Å²) in [6, 6.07) is 12.4. The molecule has 1 aromatic heterocycles. The number of nitrogens with one attached hydrogen (secondary N) is 2. The molecule has 0 saturated heterocycles. The summed E-state index contributed by atoms with van der Waals surface area (Å²) in [4.78, 5) is 16.4. The third kappa shape index (κ3) is 4.68. The van der Waals surface area contributed by atoms with Gasteiger partial charge in [-0.25, -0.2) is 4.39 Å². The average Bonchev–Trinajstić information content (AvgIpc) is 2.54. The van der Waals surface area contributed by atoms with Crippen molar-refractivity contribution < 1.29 is 9.18 Å². The van der Waals surface area contributed by atoms with E-state index in [0.29, 0.717) is 32.7 Å². The van der Waals surface area contributed by atoms with E-state index >= 15 is 0 Å². The lowest BCUT2D eigenvalue weighted by Crippen LogP contribution is -2.12. The summed E-state index contributed by atoms with van der Waals surface area (Å²) in [6.07, 6.45) is 2.97. The number of benzene rings is 2. The molecule has 2 aromatic carbocycles. The molecule has 2 N–H and O–H groups in total. The SMILES string of the molecule is O=C(Nc1cc(Cl)cc(Cl)c1)c1cncc(Nc2cccc(F)c2)c1. The van der Waals surface area contributed by atoms with Crippen LogP contribution in [0.25, 0.3) is 0 Å². The number of nitrogens with zero attached hydrogens (tertiary/aromatic N) is 1. The zero-order valence-corrected chi connectivity index (χ0v) is 14.3. The van der Waals surface area contributed by atoms with Gasteiger partial charge in [-0.15, -0.1) is 0 Å². The Hall–Kier alpha value is -2.63. The fraction of sp³-hybridized carbons (Fsp3) is 0. The first-order valence-corrected chi connectivity index (χ1v) is 8.00. The molecule has 0 spiro atoms. The van der Waals surface area contributed by atoms with E-state index in [1.54, 1.807) is 36.4 Å². The predicted molar refractivity (Wildman–Crippen MR) is 98.3 cm³/mol. The number of halogens is 3. The van der Waals surface area contributed by atoms with Crippen LogP contribution in [0, 0.1) is 5.82 Å². The van der Waals surface area contributed by atoms with Crippen LogP contribution in [0.3, 0.4) is 0 Å². The molecule has 0 fully saturated rings. The zero-order chi connectivity index (χ0) is 17.8. The van der Waals surface area contributed by atoms with Gasteiger partial charge in [0.05, 0.1) is 17.4 Å². The number of pyridine rings is 1. The van der Waals surface area contributed by atoms with Crippen LogP contribution < -0.4 is 10.6 Å². The van der Waals surface area contributed by atoms with Gasteiger partial charge in [-0.05, 0) is 42.5 Å². The van der Waals surface area contributed by atoms with Crippen LogP contribution in [0.5, 0.6) is 0 Å². The standard InChI is InChI=1S/C18H12Cl2FN3O/c19-12-5-13(20)7-16(6-12)24-18(25)11-4-17(10-22-9-11)23-15-3-1-2-14(21)8-15/h1-10,23H,(H,24,25). The van der Waals surface area contributed by atoms with Crippen molar-refractivity contribution in [2.45, 2.75) is 0 Å². The summed E-state index contributed by atoms with van der Waals surface area (Å²) >= 11 is 11.8. The second kappa shape index (κ2) is 7.51. The fourth-order valence-electron chi connectivity index (χ4n) is 2.19. The molecule has 0 atom stereocenters. The number of hydrogen-bond acceptors (Lipinski definition) is 3. The first-order valence-electron chi connectivity index (χ1n) is 7.25. The van der Waals surface area contributed by atoms with E-state index in [4.69, 9.17) is 23.2 Å². The van der Waals surface area contributed by atoms with Crippen molar-refractivity contribution in [2.75, 3.05) is 10.6 Å². The Morgan fingerprint density at radius 1 is 0.920 bits per heavy atom. The van der Waals surface area contributed by atoms with Crippen LogP contribution in [0.2, 0.25) is 10.0 Å². The molecule has 0 radical (unpaired) electrons. The minimum Gasteiger partial charge on any atom is -0.354 e. The van der Waals surface area contributed by atoms with Gasteiger partial charge in [-0.3, -0.25) is 9.78 Å². The van der Waals surface area contributed by atoms with E-state index < -0.39 is 0 Å². The van der Waals surface area contributed by atoms with Gasteiger partial charge in [0.15, 0.2) is 0 Å². The molecule has 3 rings (SSSR count). The molecule has 126 valence electrons. The van der Waals surface area contributed by atoms with Crippen LogP contribution in [-0.2, 0) is 0 Å². The number of carbonyl (C=O) groups excluding carboxylic acids is 1. The van der Waals surface area contributed by atoms with E-state index in [1.807, 2.05) is 0 Å². The van der Waals surface area contributed by atoms with Gasteiger partial charge in [-0.2, -0.15) is 0 Å². The number of hydrogen-bond donors (Lipinski definition) is 2. The van der Waals surface area contributed by atoms with Gasteiger partial charge < -0.3 is 10.6 Å². The minimum atomic E-state index is -0.367. The van der Waals surface area contributed by atoms with E-state index in [1.165, 1.54) is 24.5 Å². The van der Waals surface area contributed by atoms with Crippen LogP contribution in [0.1, 0.15) is 10.4 Å². The van der Waals surface area contributed by atoms with Crippen molar-refractivity contribution in [3.63, 3.8) is 0 Å². The van der Waals surface area contributed by atoms with Crippen molar-refractivity contribution in [3.8, 4) is 0 Å². The molecule has 0 aliphatic rings. The van der Waals surface area contributed by atoms with Gasteiger partial charge in [0.2, 0.25) is 0 Å². The quantitative estimate of drug-likeness (QED) is 0.630. The van der Waals surface area contributed by atoms with E-state index in [-0.39, 0.29) is 11.7 Å². The first kappa shape index (κ1) is 17.2. The van der Waals surface area contributed by atoms with Crippen molar-refractivity contribution in [2.24, 2.45) is 0 Å². The minimum absolute atomic E-state index is 0.331. The summed E-state index contributed by atoms with van der Waals surface area (Å²) in [5, 5.41) is 6.54.